The van der Waals surface area contributed by atoms with Gasteiger partial charge >= 0.3 is 0 Å². The molecule has 98 valence electrons. The molecule has 1 rings (SSSR count). The lowest BCUT2D eigenvalue weighted by Gasteiger charge is -2.05. The van der Waals surface area contributed by atoms with E-state index in [9.17, 15) is 8.42 Å². The summed E-state index contributed by atoms with van der Waals surface area (Å²) in [5.74, 6) is 0.305. The zero-order valence-electron chi connectivity index (χ0n) is 10.3. The fourth-order valence-electron chi connectivity index (χ4n) is 1.46. The molecule has 17 heavy (non-hydrogen) atoms. The number of hydrogen-bond donors (Lipinski definition) is 1. The Bertz CT molecular complexity index is 433. The van der Waals surface area contributed by atoms with Crippen LogP contribution in [0.4, 0.5) is 0 Å². The van der Waals surface area contributed by atoms with Gasteiger partial charge in [-0.15, -0.1) is 0 Å². The van der Waals surface area contributed by atoms with Gasteiger partial charge in [-0.3, -0.25) is 0 Å². The number of ether oxygens (including phenoxy) is 1. The Labute approximate surface area is 101 Å². The lowest BCUT2D eigenvalue weighted by molar-refractivity contribution is 0.146. The maximum Gasteiger partial charge on any atom is 0.245 e. The Hall–Kier alpha value is -0.920. The van der Waals surface area contributed by atoms with Gasteiger partial charge in [0, 0.05) is 19.8 Å². The van der Waals surface area contributed by atoms with Gasteiger partial charge in [-0.1, -0.05) is 5.16 Å². The van der Waals surface area contributed by atoms with Gasteiger partial charge in [-0.25, -0.2) is 13.1 Å². The first-order chi connectivity index (χ1) is 7.99. The van der Waals surface area contributed by atoms with Crippen LogP contribution in [0.25, 0.3) is 0 Å². The highest BCUT2D eigenvalue weighted by atomic mass is 32.2. The summed E-state index contributed by atoms with van der Waals surface area (Å²) in [6, 6.07) is 0. The summed E-state index contributed by atoms with van der Waals surface area (Å²) in [5, 5.41) is 3.62. The van der Waals surface area contributed by atoms with Crippen LogP contribution in [0, 0.1) is 13.8 Å². The minimum Gasteiger partial charge on any atom is -0.382 e. The van der Waals surface area contributed by atoms with Crippen molar-refractivity contribution in [2.45, 2.75) is 32.1 Å². The minimum atomic E-state index is -3.53. The molecule has 0 aliphatic rings. The predicted molar refractivity (Wildman–Crippen MR) is 62.3 cm³/mol. The SMILES string of the molecule is CCOCCCNS(=O)(=O)c1c(C)noc1C. The molecule has 1 aromatic rings. The van der Waals surface area contributed by atoms with Crippen molar-refractivity contribution in [3.63, 3.8) is 0 Å². The van der Waals surface area contributed by atoms with Gasteiger partial charge in [0.15, 0.2) is 5.76 Å². The third-order valence-corrected chi connectivity index (χ3v) is 3.90. The quantitative estimate of drug-likeness (QED) is 0.741. The molecule has 0 saturated carbocycles. The molecule has 6 nitrogen and oxygen atoms in total. The van der Waals surface area contributed by atoms with Crippen molar-refractivity contribution >= 4 is 10.0 Å². The Balaban J connectivity index is 2.58. The average Bonchev–Trinajstić information content (AvgIpc) is 2.58. The number of nitrogens with zero attached hydrogens (tertiary/aromatic N) is 1. The van der Waals surface area contributed by atoms with Crippen LogP contribution in [0.5, 0.6) is 0 Å². The van der Waals surface area contributed by atoms with E-state index in [1.807, 2.05) is 6.92 Å². The molecule has 0 amide bonds. The molecule has 0 aliphatic carbocycles. The van der Waals surface area contributed by atoms with Crippen molar-refractivity contribution in [3.05, 3.63) is 11.5 Å². The van der Waals surface area contributed by atoms with E-state index in [1.165, 1.54) is 0 Å². The van der Waals surface area contributed by atoms with Crippen molar-refractivity contribution in [3.8, 4) is 0 Å². The van der Waals surface area contributed by atoms with Crippen LogP contribution in [0.3, 0.4) is 0 Å². The maximum absolute atomic E-state index is 11.9. The summed E-state index contributed by atoms with van der Waals surface area (Å²) in [7, 11) is -3.53. The van der Waals surface area contributed by atoms with Gasteiger partial charge < -0.3 is 9.26 Å². The summed E-state index contributed by atoms with van der Waals surface area (Å²) < 4.78 is 36.3. The van der Waals surface area contributed by atoms with Crippen molar-refractivity contribution in [2.24, 2.45) is 0 Å². The standard InChI is InChI=1S/C10H18N2O4S/c1-4-15-7-5-6-11-17(13,14)10-8(2)12-16-9(10)3/h11H,4-7H2,1-3H3. The van der Waals surface area contributed by atoms with Crippen molar-refractivity contribution < 1.29 is 17.7 Å². The normalized spacial score (nSPS) is 11.9. The number of hydrogen-bond acceptors (Lipinski definition) is 5. The molecular formula is C10H18N2O4S. The molecule has 0 aliphatic heterocycles. The highest BCUT2D eigenvalue weighted by Crippen LogP contribution is 2.18. The molecule has 1 aromatic heterocycles. The van der Waals surface area contributed by atoms with Crippen LogP contribution in [0.2, 0.25) is 0 Å². The van der Waals surface area contributed by atoms with Gasteiger partial charge in [0.2, 0.25) is 10.0 Å². The first-order valence-corrected chi connectivity index (χ1v) is 6.97. The predicted octanol–water partition coefficient (Wildman–Crippen LogP) is 0.996. The van der Waals surface area contributed by atoms with E-state index in [2.05, 4.69) is 9.88 Å². The van der Waals surface area contributed by atoms with Crippen LogP contribution in [-0.2, 0) is 14.8 Å². The molecule has 0 fully saturated rings. The first kappa shape index (κ1) is 14.1. The highest BCUT2D eigenvalue weighted by Gasteiger charge is 2.23. The van der Waals surface area contributed by atoms with Gasteiger partial charge in [0.25, 0.3) is 0 Å². The Kier molecular flexibility index (Phi) is 5.10. The van der Waals surface area contributed by atoms with Crippen LogP contribution >= 0.6 is 0 Å². The van der Waals surface area contributed by atoms with Gasteiger partial charge in [0.05, 0.1) is 0 Å². The molecule has 0 saturated heterocycles. The second kappa shape index (κ2) is 6.13. The molecule has 7 heteroatoms. The van der Waals surface area contributed by atoms with Crippen LogP contribution in [0.15, 0.2) is 9.42 Å². The molecule has 1 heterocycles. The van der Waals surface area contributed by atoms with Crippen LogP contribution in [-0.4, -0.2) is 33.3 Å². The number of sulfonamides is 1. The average molecular weight is 262 g/mol. The Morgan fingerprint density at radius 3 is 2.65 bits per heavy atom. The highest BCUT2D eigenvalue weighted by molar-refractivity contribution is 7.89. The Morgan fingerprint density at radius 2 is 2.12 bits per heavy atom. The fourth-order valence-corrected chi connectivity index (χ4v) is 2.85. The maximum atomic E-state index is 11.9. The third kappa shape index (κ3) is 3.79. The van der Waals surface area contributed by atoms with Gasteiger partial charge in [-0.05, 0) is 27.2 Å². The fraction of sp³-hybridized carbons (Fsp3) is 0.700. The van der Waals surface area contributed by atoms with E-state index in [0.717, 1.165) is 0 Å². The summed E-state index contributed by atoms with van der Waals surface area (Å²) in [6.07, 6.45) is 0.635. The summed E-state index contributed by atoms with van der Waals surface area (Å²) >= 11 is 0. The third-order valence-electron chi connectivity index (χ3n) is 2.20. The zero-order chi connectivity index (χ0) is 12.9. The molecule has 0 bridgehead atoms. The molecule has 1 N–H and O–H groups in total. The second-order valence-electron chi connectivity index (χ2n) is 3.60. The topological polar surface area (TPSA) is 81.4 Å². The lowest BCUT2D eigenvalue weighted by Crippen LogP contribution is -2.26. The molecule has 0 unspecified atom stereocenters. The summed E-state index contributed by atoms with van der Waals surface area (Å²) in [4.78, 5) is 0.133. The smallest absolute Gasteiger partial charge is 0.245 e. The second-order valence-corrected chi connectivity index (χ2v) is 5.31. The lowest BCUT2D eigenvalue weighted by atomic mass is 10.4. The van der Waals surface area contributed by atoms with Crippen molar-refractivity contribution in [1.29, 1.82) is 0 Å². The van der Waals surface area contributed by atoms with Crippen LogP contribution < -0.4 is 4.72 Å². The number of aromatic nitrogens is 1. The first-order valence-electron chi connectivity index (χ1n) is 5.49. The number of nitrogens with one attached hydrogen (secondary N) is 1. The van der Waals surface area contributed by atoms with Crippen LogP contribution in [0.1, 0.15) is 24.8 Å². The van der Waals surface area contributed by atoms with Gasteiger partial charge in [0.1, 0.15) is 10.6 Å². The molecule has 0 aromatic carbocycles. The van der Waals surface area contributed by atoms with Gasteiger partial charge in [-0.2, -0.15) is 0 Å². The summed E-state index contributed by atoms with van der Waals surface area (Å²) in [5.41, 5.74) is 0.375. The molecule has 0 radical (unpaired) electrons. The number of rotatable bonds is 7. The van der Waals surface area contributed by atoms with Crippen molar-refractivity contribution in [2.75, 3.05) is 19.8 Å². The molecule has 0 atom stereocenters. The van der Waals surface area contributed by atoms with E-state index >= 15 is 0 Å². The largest absolute Gasteiger partial charge is 0.382 e. The van der Waals surface area contributed by atoms with E-state index in [1.54, 1.807) is 13.8 Å². The summed E-state index contributed by atoms with van der Waals surface area (Å²) in [6.45, 7) is 6.59. The molecule has 0 spiro atoms. The van der Waals surface area contributed by atoms with E-state index in [4.69, 9.17) is 9.26 Å². The van der Waals surface area contributed by atoms with Crippen molar-refractivity contribution in [1.82, 2.24) is 9.88 Å². The van der Waals surface area contributed by atoms with E-state index in [0.29, 0.717) is 37.6 Å². The monoisotopic (exact) mass is 262 g/mol. The number of aryl methyl sites for hydroxylation is 2. The van der Waals surface area contributed by atoms with E-state index in [-0.39, 0.29) is 4.90 Å². The Morgan fingerprint density at radius 1 is 1.41 bits per heavy atom. The molecular weight excluding hydrogens is 244 g/mol. The minimum absolute atomic E-state index is 0.133. The zero-order valence-corrected chi connectivity index (χ0v) is 11.1. The van der Waals surface area contributed by atoms with E-state index < -0.39 is 10.0 Å².